The fraction of sp³-hybridized carbons (Fsp3) is 0.500. The van der Waals surface area contributed by atoms with Crippen LogP contribution < -0.4 is 5.73 Å². The van der Waals surface area contributed by atoms with E-state index in [-0.39, 0.29) is 35.1 Å². The predicted octanol–water partition coefficient (Wildman–Crippen LogP) is 1.90. The van der Waals surface area contributed by atoms with Gasteiger partial charge in [-0.05, 0) is 41.5 Å². The van der Waals surface area contributed by atoms with Crippen LogP contribution in [0.4, 0.5) is 5.69 Å². The maximum absolute atomic E-state index is 12.5. The third-order valence-corrected chi connectivity index (χ3v) is 5.36. The van der Waals surface area contributed by atoms with E-state index in [9.17, 15) is 9.59 Å². The molecule has 4 nitrogen and oxygen atoms in total. The SMILES string of the molecule is CC1(C)C2C(=O)N(C3CCc4cc(N)ccc43)C(=O)C21. The highest BCUT2D eigenvalue weighted by Crippen LogP contribution is 2.64. The zero-order valence-corrected chi connectivity index (χ0v) is 11.7. The first-order valence-corrected chi connectivity index (χ1v) is 7.18. The lowest BCUT2D eigenvalue weighted by Gasteiger charge is -2.27. The zero-order chi connectivity index (χ0) is 14.2. The molecule has 1 aromatic carbocycles. The molecule has 1 heterocycles. The molecule has 2 fully saturated rings. The summed E-state index contributed by atoms with van der Waals surface area (Å²) in [5.74, 6) is -0.125. The predicted molar refractivity (Wildman–Crippen MR) is 74.5 cm³/mol. The first kappa shape index (κ1) is 11.9. The van der Waals surface area contributed by atoms with Crippen molar-refractivity contribution in [2.75, 3.05) is 5.73 Å². The molecule has 3 unspecified atom stereocenters. The van der Waals surface area contributed by atoms with Crippen LogP contribution in [-0.4, -0.2) is 16.7 Å². The molecule has 0 radical (unpaired) electrons. The number of hydrogen-bond donors (Lipinski definition) is 1. The number of amides is 2. The summed E-state index contributed by atoms with van der Waals surface area (Å²) in [5, 5.41) is 0. The lowest BCUT2D eigenvalue weighted by molar-refractivity contribution is -0.146. The Labute approximate surface area is 117 Å². The number of nitrogens with zero attached hydrogens (tertiary/aromatic N) is 1. The number of benzene rings is 1. The minimum Gasteiger partial charge on any atom is -0.399 e. The molecular formula is C16H18N2O2. The van der Waals surface area contributed by atoms with Gasteiger partial charge in [0.05, 0.1) is 17.9 Å². The Balaban J connectivity index is 1.69. The number of carbonyl (C=O) groups excluding carboxylic acids is 2. The highest BCUT2D eigenvalue weighted by Gasteiger charge is 2.73. The molecule has 1 aromatic rings. The Morgan fingerprint density at radius 1 is 1.20 bits per heavy atom. The summed E-state index contributed by atoms with van der Waals surface area (Å²) in [6, 6.07) is 5.71. The van der Waals surface area contributed by atoms with Crippen LogP contribution in [0.3, 0.4) is 0 Å². The van der Waals surface area contributed by atoms with Gasteiger partial charge in [0, 0.05) is 5.69 Å². The van der Waals surface area contributed by atoms with E-state index in [2.05, 4.69) is 0 Å². The van der Waals surface area contributed by atoms with Crippen molar-refractivity contribution in [3.05, 3.63) is 29.3 Å². The molecule has 0 bridgehead atoms. The van der Waals surface area contributed by atoms with Crippen molar-refractivity contribution >= 4 is 17.5 Å². The number of carbonyl (C=O) groups is 2. The number of nitrogen functional groups attached to an aromatic ring is 1. The van der Waals surface area contributed by atoms with Crippen molar-refractivity contribution in [3.63, 3.8) is 0 Å². The van der Waals surface area contributed by atoms with Gasteiger partial charge in [-0.2, -0.15) is 0 Å². The summed E-state index contributed by atoms with van der Waals surface area (Å²) in [5.41, 5.74) is 8.69. The van der Waals surface area contributed by atoms with Gasteiger partial charge in [0.25, 0.3) is 0 Å². The highest BCUT2D eigenvalue weighted by molar-refractivity contribution is 6.10. The molecule has 4 rings (SSSR count). The topological polar surface area (TPSA) is 63.4 Å². The molecular weight excluding hydrogens is 252 g/mol. The minimum absolute atomic E-state index is 0.0275. The second-order valence-electron chi connectivity index (χ2n) is 6.84. The lowest BCUT2D eigenvalue weighted by Crippen LogP contribution is -2.38. The summed E-state index contributed by atoms with van der Waals surface area (Å²) in [7, 11) is 0. The summed E-state index contributed by atoms with van der Waals surface area (Å²) >= 11 is 0. The van der Waals surface area contributed by atoms with E-state index in [4.69, 9.17) is 5.73 Å². The van der Waals surface area contributed by atoms with Gasteiger partial charge in [-0.25, -0.2) is 0 Å². The molecule has 0 aromatic heterocycles. The van der Waals surface area contributed by atoms with E-state index in [1.165, 1.54) is 10.5 Å². The minimum atomic E-state index is -0.132. The third kappa shape index (κ3) is 1.27. The van der Waals surface area contributed by atoms with E-state index in [0.717, 1.165) is 24.1 Å². The van der Waals surface area contributed by atoms with E-state index in [0.29, 0.717) is 0 Å². The fourth-order valence-corrected chi connectivity index (χ4v) is 4.16. The summed E-state index contributed by atoms with van der Waals surface area (Å²) in [6.07, 6.45) is 1.72. The smallest absolute Gasteiger partial charge is 0.234 e. The summed E-state index contributed by atoms with van der Waals surface area (Å²) in [6.45, 7) is 4.03. The number of likely N-dealkylation sites (tertiary alicyclic amines) is 1. The monoisotopic (exact) mass is 270 g/mol. The number of imide groups is 1. The van der Waals surface area contributed by atoms with Crippen molar-refractivity contribution in [1.82, 2.24) is 4.90 Å². The summed E-state index contributed by atoms with van der Waals surface area (Å²) in [4.78, 5) is 26.6. The number of piperidine rings is 1. The van der Waals surface area contributed by atoms with Crippen LogP contribution in [0.1, 0.15) is 37.4 Å². The van der Waals surface area contributed by atoms with Crippen molar-refractivity contribution in [2.45, 2.75) is 32.7 Å². The van der Waals surface area contributed by atoms with Gasteiger partial charge in [0.1, 0.15) is 0 Å². The van der Waals surface area contributed by atoms with Crippen molar-refractivity contribution in [3.8, 4) is 0 Å². The van der Waals surface area contributed by atoms with Gasteiger partial charge in [-0.3, -0.25) is 14.5 Å². The molecule has 1 saturated carbocycles. The second-order valence-corrected chi connectivity index (χ2v) is 6.84. The quantitative estimate of drug-likeness (QED) is 0.626. The Kier molecular flexibility index (Phi) is 2.05. The molecule has 20 heavy (non-hydrogen) atoms. The highest BCUT2D eigenvalue weighted by atomic mass is 16.2. The number of fused-ring (bicyclic) bond motifs is 2. The zero-order valence-electron chi connectivity index (χ0n) is 11.7. The van der Waals surface area contributed by atoms with Crippen LogP contribution in [0.25, 0.3) is 0 Å². The van der Waals surface area contributed by atoms with Crippen molar-refractivity contribution in [1.29, 1.82) is 0 Å². The molecule has 0 spiro atoms. The Morgan fingerprint density at radius 3 is 2.50 bits per heavy atom. The van der Waals surface area contributed by atoms with Crippen molar-refractivity contribution < 1.29 is 9.59 Å². The molecule has 2 amide bonds. The van der Waals surface area contributed by atoms with Crippen LogP contribution >= 0.6 is 0 Å². The largest absolute Gasteiger partial charge is 0.399 e. The van der Waals surface area contributed by atoms with Gasteiger partial charge in [-0.1, -0.05) is 19.9 Å². The molecule has 104 valence electrons. The Hall–Kier alpha value is -1.84. The van der Waals surface area contributed by atoms with Crippen LogP contribution in [-0.2, 0) is 16.0 Å². The van der Waals surface area contributed by atoms with E-state index in [1.807, 2.05) is 32.0 Å². The first-order chi connectivity index (χ1) is 9.43. The van der Waals surface area contributed by atoms with Gasteiger partial charge in [0.15, 0.2) is 0 Å². The maximum atomic E-state index is 12.5. The van der Waals surface area contributed by atoms with Crippen LogP contribution in [0.2, 0.25) is 0 Å². The molecule has 1 aliphatic heterocycles. The van der Waals surface area contributed by atoms with Gasteiger partial charge >= 0.3 is 0 Å². The average Bonchev–Trinajstić information content (AvgIpc) is 2.67. The van der Waals surface area contributed by atoms with E-state index in [1.54, 1.807) is 0 Å². The van der Waals surface area contributed by atoms with Crippen LogP contribution in [0.15, 0.2) is 18.2 Å². The Morgan fingerprint density at radius 2 is 1.85 bits per heavy atom. The number of rotatable bonds is 1. The third-order valence-electron chi connectivity index (χ3n) is 5.36. The summed E-state index contributed by atoms with van der Waals surface area (Å²) < 4.78 is 0. The molecule has 1 saturated heterocycles. The molecule has 3 aliphatic rings. The van der Waals surface area contributed by atoms with Crippen LogP contribution in [0, 0.1) is 17.3 Å². The fourth-order valence-electron chi connectivity index (χ4n) is 4.16. The lowest BCUT2D eigenvalue weighted by atomic mass is 10.0. The average molecular weight is 270 g/mol. The Bertz CT molecular complexity index is 626. The molecule has 3 atom stereocenters. The molecule has 4 heteroatoms. The van der Waals surface area contributed by atoms with E-state index >= 15 is 0 Å². The van der Waals surface area contributed by atoms with Crippen LogP contribution in [0.5, 0.6) is 0 Å². The first-order valence-electron chi connectivity index (χ1n) is 7.18. The van der Waals surface area contributed by atoms with E-state index < -0.39 is 0 Å². The molecule has 2 N–H and O–H groups in total. The second kappa shape index (κ2) is 3.43. The normalized spacial score (nSPS) is 33.3. The standard InChI is InChI=1S/C16H18N2O2/c1-16(2)12-13(16)15(20)18(14(12)19)11-6-3-8-7-9(17)4-5-10(8)11/h4-5,7,11-13H,3,6,17H2,1-2H3. The number of nitrogens with two attached hydrogens (primary N) is 1. The number of aryl methyl sites for hydroxylation is 1. The number of hydrogen-bond acceptors (Lipinski definition) is 3. The van der Waals surface area contributed by atoms with Gasteiger partial charge in [-0.15, -0.1) is 0 Å². The number of anilines is 1. The van der Waals surface area contributed by atoms with Gasteiger partial charge < -0.3 is 5.73 Å². The van der Waals surface area contributed by atoms with Crippen molar-refractivity contribution in [2.24, 2.45) is 17.3 Å². The van der Waals surface area contributed by atoms with Gasteiger partial charge in [0.2, 0.25) is 11.8 Å². The maximum Gasteiger partial charge on any atom is 0.234 e. The molecule has 2 aliphatic carbocycles.